The number of hydroxylamine groups is 1. The fourth-order valence-corrected chi connectivity index (χ4v) is 3.62. The molecule has 0 amide bonds. The Labute approximate surface area is 165 Å². The van der Waals surface area contributed by atoms with Crippen LogP contribution in [0.1, 0.15) is 30.4 Å². The van der Waals surface area contributed by atoms with Crippen LogP contribution < -0.4 is 5.48 Å². The zero-order chi connectivity index (χ0) is 18.4. The van der Waals surface area contributed by atoms with Gasteiger partial charge in [0, 0.05) is 47.4 Å². The number of hydrogen-bond acceptors (Lipinski definition) is 3. The topological polar surface area (TPSA) is 24.5 Å². The van der Waals surface area contributed by atoms with Crippen molar-refractivity contribution in [3.8, 4) is 0 Å². The number of nitrogens with one attached hydrogen (secondary N) is 1. The van der Waals surface area contributed by atoms with Gasteiger partial charge in [0.2, 0.25) is 0 Å². The molecular weight excluding hydrogens is 367 g/mol. The van der Waals surface area contributed by atoms with Crippen molar-refractivity contribution in [2.75, 3.05) is 19.6 Å². The van der Waals surface area contributed by atoms with Crippen LogP contribution in [0.2, 0.25) is 10.0 Å². The van der Waals surface area contributed by atoms with Crippen molar-refractivity contribution in [3.05, 3.63) is 81.5 Å². The van der Waals surface area contributed by atoms with Crippen LogP contribution in [0.15, 0.2) is 60.3 Å². The minimum atomic E-state index is 0.338. The Hall–Kier alpha value is -1.52. The van der Waals surface area contributed by atoms with Crippen molar-refractivity contribution in [1.82, 2.24) is 10.4 Å². The monoisotopic (exact) mass is 390 g/mol. The van der Waals surface area contributed by atoms with Gasteiger partial charge in [-0.05, 0) is 29.7 Å². The molecule has 0 saturated carbocycles. The summed E-state index contributed by atoms with van der Waals surface area (Å²) in [6, 6.07) is 16.1. The van der Waals surface area contributed by atoms with E-state index in [1.54, 1.807) is 0 Å². The number of nitrogens with zero attached hydrogens (tertiary/aromatic N) is 1. The van der Waals surface area contributed by atoms with Crippen molar-refractivity contribution in [2.45, 2.75) is 25.9 Å². The molecule has 0 bridgehead atoms. The van der Waals surface area contributed by atoms with Crippen LogP contribution in [0.5, 0.6) is 0 Å². The quantitative estimate of drug-likeness (QED) is 0.639. The van der Waals surface area contributed by atoms with Gasteiger partial charge >= 0.3 is 0 Å². The van der Waals surface area contributed by atoms with E-state index in [9.17, 15) is 0 Å². The summed E-state index contributed by atoms with van der Waals surface area (Å²) in [6.45, 7) is 5.62. The summed E-state index contributed by atoms with van der Waals surface area (Å²) in [5.41, 5.74) is 6.35. The molecule has 1 N–H and O–H groups in total. The fraction of sp³-hybridized carbons (Fsp3) is 0.333. The lowest BCUT2D eigenvalue weighted by Gasteiger charge is -2.29. The molecule has 3 nitrogen and oxygen atoms in total. The van der Waals surface area contributed by atoms with Gasteiger partial charge in [-0.3, -0.25) is 15.2 Å². The number of rotatable bonds is 7. The lowest BCUT2D eigenvalue weighted by Crippen LogP contribution is -2.34. The average molecular weight is 391 g/mol. The molecule has 1 aliphatic heterocycles. The largest absolute Gasteiger partial charge is 0.299 e. The molecule has 0 radical (unpaired) electrons. The van der Waals surface area contributed by atoms with Gasteiger partial charge < -0.3 is 0 Å². The van der Waals surface area contributed by atoms with Crippen molar-refractivity contribution in [3.63, 3.8) is 0 Å². The van der Waals surface area contributed by atoms with Crippen molar-refractivity contribution in [2.24, 2.45) is 0 Å². The first kappa shape index (κ1) is 19.2. The molecule has 1 atom stereocenters. The maximum Gasteiger partial charge on any atom is 0.103 e. The summed E-state index contributed by atoms with van der Waals surface area (Å²) in [5.74, 6) is 0.526. The lowest BCUT2D eigenvalue weighted by atomic mass is 10.00. The van der Waals surface area contributed by atoms with Gasteiger partial charge in [-0.25, -0.2) is 0 Å². The van der Waals surface area contributed by atoms with E-state index >= 15 is 0 Å². The van der Waals surface area contributed by atoms with E-state index in [2.05, 4.69) is 53.7 Å². The van der Waals surface area contributed by atoms with Crippen LogP contribution >= 0.6 is 23.2 Å². The number of hydrogen-bond donors (Lipinski definition) is 1. The average Bonchev–Trinajstić information content (AvgIpc) is 2.66. The van der Waals surface area contributed by atoms with E-state index in [1.165, 1.54) is 5.56 Å². The van der Waals surface area contributed by atoms with Crippen molar-refractivity contribution in [1.29, 1.82) is 0 Å². The highest BCUT2D eigenvalue weighted by atomic mass is 35.5. The van der Waals surface area contributed by atoms with E-state index in [0.29, 0.717) is 22.6 Å². The molecule has 1 aliphatic rings. The van der Waals surface area contributed by atoms with Crippen LogP contribution in [-0.2, 0) is 11.4 Å². The third-order valence-corrected chi connectivity index (χ3v) is 5.38. The molecule has 0 saturated heterocycles. The smallest absolute Gasteiger partial charge is 0.103 e. The van der Waals surface area contributed by atoms with E-state index in [4.69, 9.17) is 28.0 Å². The molecule has 3 rings (SSSR count). The third kappa shape index (κ3) is 5.24. The Morgan fingerprint density at radius 1 is 1.08 bits per heavy atom. The summed E-state index contributed by atoms with van der Waals surface area (Å²) < 4.78 is 0. The molecule has 0 aliphatic carbocycles. The number of benzene rings is 2. The van der Waals surface area contributed by atoms with Gasteiger partial charge in [0.05, 0.1) is 0 Å². The Bertz CT molecular complexity index is 729. The van der Waals surface area contributed by atoms with Gasteiger partial charge in [0.15, 0.2) is 0 Å². The fourth-order valence-electron chi connectivity index (χ4n) is 3.12. The first-order valence-electron chi connectivity index (χ1n) is 8.90. The van der Waals surface area contributed by atoms with Crippen LogP contribution in [0.4, 0.5) is 0 Å². The zero-order valence-electron chi connectivity index (χ0n) is 14.9. The third-order valence-electron chi connectivity index (χ3n) is 4.68. The standard InChI is InChI=1S/C21H24Cl2N2O/c1-16(17-6-3-2-4-7-17)14-25-12-10-18(11-13-25)24-26-15-19-20(22)8-5-9-21(19)23/h2-10,16,24H,11-15H2,1H3. The van der Waals surface area contributed by atoms with Crippen LogP contribution in [0.25, 0.3) is 0 Å². The predicted molar refractivity (Wildman–Crippen MR) is 108 cm³/mol. The van der Waals surface area contributed by atoms with E-state index in [0.717, 1.165) is 37.3 Å². The maximum absolute atomic E-state index is 6.16. The Kier molecular flexibility index (Phi) is 6.98. The van der Waals surface area contributed by atoms with Crippen molar-refractivity contribution >= 4 is 23.2 Å². The molecule has 1 unspecified atom stereocenters. The van der Waals surface area contributed by atoms with Crippen LogP contribution in [0, 0.1) is 0 Å². The molecule has 0 fully saturated rings. The van der Waals surface area contributed by atoms with E-state index in [-0.39, 0.29) is 0 Å². The Morgan fingerprint density at radius 2 is 1.81 bits per heavy atom. The summed E-state index contributed by atoms with van der Waals surface area (Å²) >= 11 is 12.3. The van der Waals surface area contributed by atoms with Gasteiger partial charge in [0.1, 0.15) is 6.61 Å². The highest BCUT2D eigenvalue weighted by Crippen LogP contribution is 2.25. The molecular formula is C21H24Cl2N2O. The normalized spacial score (nSPS) is 16.2. The Morgan fingerprint density at radius 3 is 2.46 bits per heavy atom. The molecule has 1 heterocycles. The highest BCUT2D eigenvalue weighted by molar-refractivity contribution is 6.35. The minimum absolute atomic E-state index is 0.338. The number of halogens is 2. The molecule has 2 aromatic carbocycles. The van der Waals surface area contributed by atoms with Crippen LogP contribution in [-0.4, -0.2) is 24.5 Å². The van der Waals surface area contributed by atoms with Gasteiger partial charge in [0.25, 0.3) is 0 Å². The highest BCUT2D eigenvalue weighted by Gasteiger charge is 2.15. The second-order valence-corrected chi connectivity index (χ2v) is 7.46. The molecule has 138 valence electrons. The summed E-state index contributed by atoms with van der Waals surface area (Å²) in [4.78, 5) is 8.07. The van der Waals surface area contributed by atoms with Gasteiger partial charge in [-0.2, -0.15) is 0 Å². The first-order valence-corrected chi connectivity index (χ1v) is 9.66. The second-order valence-electron chi connectivity index (χ2n) is 6.64. The molecule has 5 heteroatoms. The molecule has 26 heavy (non-hydrogen) atoms. The molecule has 2 aromatic rings. The lowest BCUT2D eigenvalue weighted by molar-refractivity contribution is 0.0440. The Balaban J connectivity index is 1.45. The van der Waals surface area contributed by atoms with E-state index < -0.39 is 0 Å². The molecule has 0 aromatic heterocycles. The first-order chi connectivity index (χ1) is 12.6. The predicted octanol–water partition coefficient (Wildman–Crippen LogP) is 5.41. The summed E-state index contributed by atoms with van der Waals surface area (Å²) in [5, 5.41) is 1.25. The van der Waals surface area contributed by atoms with E-state index in [1.807, 2.05) is 18.2 Å². The summed E-state index contributed by atoms with van der Waals surface area (Å²) in [6.07, 6.45) is 3.13. The van der Waals surface area contributed by atoms with Crippen LogP contribution in [0.3, 0.4) is 0 Å². The van der Waals surface area contributed by atoms with Gasteiger partial charge in [-0.15, -0.1) is 0 Å². The zero-order valence-corrected chi connectivity index (χ0v) is 16.4. The van der Waals surface area contributed by atoms with Crippen molar-refractivity contribution < 1.29 is 4.84 Å². The second kappa shape index (κ2) is 9.43. The molecule has 0 spiro atoms. The maximum atomic E-state index is 6.16. The van der Waals surface area contributed by atoms with Gasteiger partial charge in [-0.1, -0.05) is 66.5 Å². The minimum Gasteiger partial charge on any atom is -0.299 e. The SMILES string of the molecule is CC(CN1CC=C(NOCc2c(Cl)cccc2Cl)CC1)c1ccccc1. The summed E-state index contributed by atoms with van der Waals surface area (Å²) in [7, 11) is 0.